The van der Waals surface area contributed by atoms with Crippen molar-refractivity contribution in [2.75, 3.05) is 26.3 Å². The van der Waals surface area contributed by atoms with Crippen molar-refractivity contribution in [1.29, 1.82) is 0 Å². The van der Waals surface area contributed by atoms with E-state index in [1.165, 1.54) is 5.56 Å². The normalized spacial score (nSPS) is 16.8. The van der Waals surface area contributed by atoms with Gasteiger partial charge in [-0.25, -0.2) is 0 Å². The molecule has 0 aromatic heterocycles. The Balaban J connectivity index is 1.98. The first-order valence-electron chi connectivity index (χ1n) is 9.83. The Morgan fingerprint density at radius 3 is 2.63 bits per heavy atom. The molecule has 0 spiro atoms. The molecule has 5 heteroatoms. The van der Waals surface area contributed by atoms with Crippen LogP contribution in [-0.2, 0) is 19.1 Å². The van der Waals surface area contributed by atoms with Gasteiger partial charge in [-0.1, -0.05) is 38.1 Å². The zero-order valence-corrected chi connectivity index (χ0v) is 16.6. The van der Waals surface area contributed by atoms with E-state index in [1.54, 1.807) is 17.9 Å². The first kappa shape index (κ1) is 21.2. The van der Waals surface area contributed by atoms with Gasteiger partial charge in [0.05, 0.1) is 19.1 Å². The molecule has 5 nitrogen and oxygen atoms in total. The summed E-state index contributed by atoms with van der Waals surface area (Å²) in [6.07, 6.45) is 5.61. The van der Waals surface area contributed by atoms with Crippen LogP contribution in [0.3, 0.4) is 0 Å². The second-order valence-corrected chi connectivity index (χ2v) is 7.13. The molecule has 1 aromatic carbocycles. The highest BCUT2D eigenvalue weighted by atomic mass is 16.5. The average Bonchev–Trinajstić information content (AvgIpc) is 3.17. The lowest BCUT2D eigenvalue weighted by molar-refractivity contribution is -0.144. The van der Waals surface area contributed by atoms with E-state index in [-0.39, 0.29) is 24.4 Å². The van der Waals surface area contributed by atoms with E-state index in [1.807, 2.05) is 18.2 Å². The topological polar surface area (TPSA) is 55.8 Å². The maximum atomic E-state index is 12.7. The fourth-order valence-corrected chi connectivity index (χ4v) is 3.05. The van der Waals surface area contributed by atoms with Crippen molar-refractivity contribution in [2.45, 2.75) is 52.1 Å². The standard InChI is InChI=1S/C22H31NO4/c1-4-26-22(25)13-14-23(16-20-6-5-15-27-20)21(24)12-9-18-7-10-19(11-8-18)17(2)3/h7-12,17,20H,4-6,13-16H2,1-3H3/b12-9+. The summed E-state index contributed by atoms with van der Waals surface area (Å²) in [5.41, 5.74) is 2.25. The first-order chi connectivity index (χ1) is 13.0. The molecule has 0 N–H and O–H groups in total. The quantitative estimate of drug-likeness (QED) is 0.488. The van der Waals surface area contributed by atoms with Crippen LogP contribution in [0, 0.1) is 0 Å². The number of hydrogen-bond donors (Lipinski definition) is 0. The van der Waals surface area contributed by atoms with Crippen molar-refractivity contribution in [3.63, 3.8) is 0 Å². The predicted molar refractivity (Wildman–Crippen MR) is 106 cm³/mol. The number of hydrogen-bond acceptors (Lipinski definition) is 4. The molecule has 0 radical (unpaired) electrons. The van der Waals surface area contributed by atoms with Gasteiger partial charge in [0.25, 0.3) is 0 Å². The summed E-state index contributed by atoms with van der Waals surface area (Å²) in [5, 5.41) is 0. The van der Waals surface area contributed by atoms with Crippen molar-refractivity contribution in [3.8, 4) is 0 Å². The van der Waals surface area contributed by atoms with Crippen molar-refractivity contribution in [1.82, 2.24) is 4.90 Å². The van der Waals surface area contributed by atoms with Crippen LogP contribution >= 0.6 is 0 Å². The Bertz CT molecular complexity index is 630. The molecule has 27 heavy (non-hydrogen) atoms. The fourth-order valence-electron chi connectivity index (χ4n) is 3.05. The smallest absolute Gasteiger partial charge is 0.307 e. The highest BCUT2D eigenvalue weighted by molar-refractivity contribution is 5.92. The Morgan fingerprint density at radius 2 is 2.04 bits per heavy atom. The summed E-state index contributed by atoms with van der Waals surface area (Å²) < 4.78 is 10.6. The number of amides is 1. The molecule has 1 fully saturated rings. The molecule has 1 aliphatic rings. The van der Waals surface area contributed by atoms with Gasteiger partial charge in [0, 0.05) is 25.8 Å². The number of ether oxygens (including phenoxy) is 2. The second-order valence-electron chi connectivity index (χ2n) is 7.13. The van der Waals surface area contributed by atoms with E-state index >= 15 is 0 Å². The summed E-state index contributed by atoms with van der Waals surface area (Å²) in [5.74, 6) is 0.0908. The Kier molecular flexibility index (Phi) is 8.52. The molecule has 1 unspecified atom stereocenters. The summed E-state index contributed by atoms with van der Waals surface area (Å²) in [6, 6.07) is 8.20. The number of benzene rings is 1. The van der Waals surface area contributed by atoms with E-state index in [0.29, 0.717) is 25.6 Å². The molecule has 0 aliphatic carbocycles. The van der Waals surface area contributed by atoms with E-state index in [9.17, 15) is 9.59 Å². The van der Waals surface area contributed by atoms with Crippen molar-refractivity contribution in [2.24, 2.45) is 0 Å². The van der Waals surface area contributed by atoms with Crippen molar-refractivity contribution >= 4 is 18.0 Å². The zero-order chi connectivity index (χ0) is 19.6. The summed E-state index contributed by atoms with van der Waals surface area (Å²) in [7, 11) is 0. The minimum Gasteiger partial charge on any atom is -0.466 e. The van der Waals surface area contributed by atoms with Crippen LogP contribution in [0.2, 0.25) is 0 Å². The van der Waals surface area contributed by atoms with Gasteiger partial charge in [0.1, 0.15) is 0 Å². The molecule has 1 aliphatic heterocycles. The van der Waals surface area contributed by atoms with Crippen molar-refractivity contribution < 1.29 is 19.1 Å². The molecule has 1 heterocycles. The van der Waals surface area contributed by atoms with Crippen LogP contribution < -0.4 is 0 Å². The second kappa shape index (κ2) is 10.9. The monoisotopic (exact) mass is 373 g/mol. The zero-order valence-electron chi connectivity index (χ0n) is 16.6. The van der Waals surface area contributed by atoms with E-state index in [0.717, 1.165) is 25.0 Å². The van der Waals surface area contributed by atoms with Crippen LogP contribution in [0.4, 0.5) is 0 Å². The molecule has 1 aromatic rings. The molecule has 0 bridgehead atoms. The first-order valence-corrected chi connectivity index (χ1v) is 9.83. The molecular formula is C22H31NO4. The predicted octanol–water partition coefficient (Wildman–Crippen LogP) is 3.78. The SMILES string of the molecule is CCOC(=O)CCN(CC1CCCO1)C(=O)/C=C/c1ccc(C(C)C)cc1. The fraction of sp³-hybridized carbons (Fsp3) is 0.545. The molecule has 0 saturated carbocycles. The Labute approximate surface area is 162 Å². The number of esters is 1. The lowest BCUT2D eigenvalue weighted by Crippen LogP contribution is -2.38. The van der Waals surface area contributed by atoms with Gasteiger partial charge in [-0.15, -0.1) is 0 Å². The minimum absolute atomic E-state index is 0.0508. The van der Waals surface area contributed by atoms with Gasteiger partial charge in [0.2, 0.25) is 5.91 Å². The Hall–Kier alpha value is -2.14. The van der Waals surface area contributed by atoms with E-state index in [4.69, 9.17) is 9.47 Å². The summed E-state index contributed by atoms with van der Waals surface area (Å²) >= 11 is 0. The number of carbonyl (C=O) groups is 2. The minimum atomic E-state index is -0.282. The van der Waals surface area contributed by atoms with Gasteiger partial charge >= 0.3 is 5.97 Å². The van der Waals surface area contributed by atoms with Crippen LogP contribution in [0.1, 0.15) is 57.1 Å². The third kappa shape index (κ3) is 7.18. The van der Waals surface area contributed by atoms with Crippen LogP contribution in [0.15, 0.2) is 30.3 Å². The summed E-state index contributed by atoms with van der Waals surface area (Å²) in [6.45, 7) is 8.03. The third-order valence-electron chi connectivity index (χ3n) is 4.67. The van der Waals surface area contributed by atoms with Gasteiger partial charge in [-0.2, -0.15) is 0 Å². The van der Waals surface area contributed by atoms with E-state index in [2.05, 4.69) is 26.0 Å². The molecule has 2 rings (SSSR count). The number of rotatable bonds is 9. The highest BCUT2D eigenvalue weighted by Crippen LogP contribution is 2.16. The lowest BCUT2D eigenvalue weighted by atomic mass is 10.0. The molecule has 148 valence electrons. The Morgan fingerprint density at radius 1 is 1.30 bits per heavy atom. The summed E-state index contributed by atoms with van der Waals surface area (Å²) in [4.78, 5) is 26.0. The molecule has 1 atom stereocenters. The third-order valence-corrected chi connectivity index (χ3v) is 4.67. The van der Waals surface area contributed by atoms with Gasteiger partial charge < -0.3 is 14.4 Å². The number of carbonyl (C=O) groups excluding carboxylic acids is 2. The van der Waals surface area contributed by atoms with Crippen LogP contribution in [0.25, 0.3) is 6.08 Å². The largest absolute Gasteiger partial charge is 0.466 e. The molecule has 1 amide bonds. The van der Waals surface area contributed by atoms with Crippen LogP contribution in [-0.4, -0.2) is 49.2 Å². The van der Waals surface area contributed by atoms with Gasteiger partial charge in [0.15, 0.2) is 0 Å². The maximum absolute atomic E-state index is 12.7. The molecular weight excluding hydrogens is 342 g/mol. The maximum Gasteiger partial charge on any atom is 0.307 e. The highest BCUT2D eigenvalue weighted by Gasteiger charge is 2.22. The van der Waals surface area contributed by atoms with Crippen LogP contribution in [0.5, 0.6) is 0 Å². The van der Waals surface area contributed by atoms with Crippen molar-refractivity contribution in [3.05, 3.63) is 41.5 Å². The average molecular weight is 373 g/mol. The molecule has 1 saturated heterocycles. The lowest BCUT2D eigenvalue weighted by Gasteiger charge is -2.24. The van der Waals surface area contributed by atoms with Gasteiger partial charge in [-0.3, -0.25) is 9.59 Å². The van der Waals surface area contributed by atoms with E-state index < -0.39 is 0 Å². The number of nitrogens with zero attached hydrogens (tertiary/aromatic N) is 1. The van der Waals surface area contributed by atoms with Gasteiger partial charge in [-0.05, 0) is 42.9 Å².